The molecule has 0 unspecified atom stereocenters. The molecule has 1 heterocycles. The van der Waals surface area contributed by atoms with Gasteiger partial charge in [0.15, 0.2) is 5.82 Å². The molecule has 0 fully saturated rings. The van der Waals surface area contributed by atoms with E-state index >= 15 is 0 Å². The summed E-state index contributed by atoms with van der Waals surface area (Å²) in [6.07, 6.45) is 3.15. The first-order valence-corrected chi connectivity index (χ1v) is 8.53. The fourth-order valence-corrected chi connectivity index (χ4v) is 2.43. The Hall–Kier alpha value is -2.37. The highest BCUT2D eigenvalue weighted by Gasteiger charge is 2.15. The van der Waals surface area contributed by atoms with Gasteiger partial charge in [-0.15, -0.1) is 0 Å². The molecule has 24 heavy (non-hydrogen) atoms. The summed E-state index contributed by atoms with van der Waals surface area (Å²) in [4.78, 5) is 16.2. The third-order valence-electron chi connectivity index (χ3n) is 3.78. The molecule has 0 radical (unpaired) electrons. The lowest BCUT2D eigenvalue weighted by atomic mass is 10.1. The summed E-state index contributed by atoms with van der Waals surface area (Å²) in [5.74, 6) is 1.34. The first kappa shape index (κ1) is 18.0. The normalized spacial score (nSPS) is 12.0. The van der Waals surface area contributed by atoms with Gasteiger partial charge in [0.2, 0.25) is 11.8 Å². The van der Waals surface area contributed by atoms with Crippen molar-refractivity contribution >= 4 is 17.3 Å². The molecular formula is C18H26N4O2. The number of hydrogen-bond acceptors (Lipinski definition) is 5. The van der Waals surface area contributed by atoms with Crippen molar-refractivity contribution in [2.24, 2.45) is 0 Å². The molecule has 0 aliphatic rings. The van der Waals surface area contributed by atoms with Crippen molar-refractivity contribution in [2.75, 3.05) is 10.6 Å². The number of aryl methyl sites for hydroxylation is 1. The van der Waals surface area contributed by atoms with Crippen LogP contribution in [0.1, 0.15) is 63.4 Å². The zero-order chi connectivity index (χ0) is 17.5. The quantitative estimate of drug-likeness (QED) is 0.756. The molecule has 2 N–H and O–H groups in total. The number of hydrogen-bond donors (Lipinski definition) is 2. The van der Waals surface area contributed by atoms with Gasteiger partial charge in [-0.05, 0) is 44.4 Å². The molecule has 0 aliphatic heterocycles. The van der Waals surface area contributed by atoms with Crippen molar-refractivity contribution in [2.45, 2.75) is 59.4 Å². The van der Waals surface area contributed by atoms with Gasteiger partial charge >= 0.3 is 0 Å². The summed E-state index contributed by atoms with van der Waals surface area (Å²) in [6.45, 7) is 8.03. The average molecular weight is 330 g/mol. The number of rotatable bonds is 8. The van der Waals surface area contributed by atoms with Crippen LogP contribution in [0, 0.1) is 6.92 Å². The molecule has 0 aliphatic carbocycles. The van der Waals surface area contributed by atoms with Crippen LogP contribution in [0.3, 0.4) is 0 Å². The smallest absolute Gasteiger partial charge is 0.248 e. The van der Waals surface area contributed by atoms with Crippen molar-refractivity contribution in [3.8, 4) is 0 Å². The zero-order valence-electron chi connectivity index (χ0n) is 14.8. The molecule has 0 saturated carbocycles. The Kier molecular flexibility index (Phi) is 6.35. The lowest BCUT2D eigenvalue weighted by Crippen LogP contribution is -2.13. The maximum absolute atomic E-state index is 11.8. The summed E-state index contributed by atoms with van der Waals surface area (Å²) < 4.78 is 5.32. The summed E-state index contributed by atoms with van der Waals surface area (Å²) in [5, 5.41) is 10.3. The fourth-order valence-electron chi connectivity index (χ4n) is 2.43. The van der Waals surface area contributed by atoms with Crippen LogP contribution in [0.4, 0.5) is 11.4 Å². The number of carbonyl (C=O) groups is 1. The molecular weight excluding hydrogens is 304 g/mol. The van der Waals surface area contributed by atoms with E-state index in [1.54, 1.807) is 0 Å². The zero-order valence-corrected chi connectivity index (χ0v) is 14.8. The number of benzene rings is 1. The number of nitrogens with one attached hydrogen (secondary N) is 2. The van der Waals surface area contributed by atoms with E-state index in [-0.39, 0.29) is 11.9 Å². The summed E-state index contributed by atoms with van der Waals surface area (Å²) in [7, 11) is 0. The van der Waals surface area contributed by atoms with E-state index in [1.165, 1.54) is 0 Å². The Balaban J connectivity index is 2.09. The second-order valence-electron chi connectivity index (χ2n) is 5.94. The molecule has 0 bridgehead atoms. The molecule has 6 nitrogen and oxygen atoms in total. The number of carbonyl (C=O) groups excluding carboxylic acids is 1. The predicted octanol–water partition coefficient (Wildman–Crippen LogP) is 4.24. The monoisotopic (exact) mass is 330 g/mol. The molecule has 1 aromatic heterocycles. The molecule has 1 aromatic carbocycles. The van der Waals surface area contributed by atoms with Gasteiger partial charge in [0.25, 0.3) is 0 Å². The summed E-state index contributed by atoms with van der Waals surface area (Å²) in [6, 6.07) is 5.69. The van der Waals surface area contributed by atoms with Crippen molar-refractivity contribution in [3.05, 3.63) is 35.5 Å². The molecule has 1 amide bonds. The average Bonchev–Trinajstić information content (AvgIpc) is 3.00. The molecule has 130 valence electrons. The van der Waals surface area contributed by atoms with Crippen LogP contribution in [0.15, 0.2) is 22.7 Å². The van der Waals surface area contributed by atoms with Crippen LogP contribution in [-0.2, 0) is 11.2 Å². The fraction of sp³-hybridized carbons (Fsp3) is 0.500. The summed E-state index contributed by atoms with van der Waals surface area (Å²) >= 11 is 0. The Morgan fingerprint density at radius 1 is 1.25 bits per heavy atom. The molecule has 2 aromatic rings. The van der Waals surface area contributed by atoms with Crippen molar-refractivity contribution in [1.82, 2.24) is 10.1 Å². The van der Waals surface area contributed by atoms with Crippen molar-refractivity contribution in [3.63, 3.8) is 0 Å². The third-order valence-corrected chi connectivity index (χ3v) is 3.78. The third kappa shape index (κ3) is 4.57. The number of nitrogens with zero attached hydrogens (tertiary/aromatic N) is 2. The number of amides is 1. The van der Waals surface area contributed by atoms with E-state index in [4.69, 9.17) is 4.52 Å². The number of aromatic nitrogens is 2. The highest BCUT2D eigenvalue weighted by Crippen LogP contribution is 2.27. The van der Waals surface area contributed by atoms with E-state index in [9.17, 15) is 4.79 Å². The van der Waals surface area contributed by atoms with Gasteiger partial charge in [0.1, 0.15) is 6.04 Å². The van der Waals surface area contributed by atoms with E-state index in [2.05, 4.69) is 27.7 Å². The minimum Gasteiger partial charge on any atom is -0.374 e. The molecule has 6 heteroatoms. The maximum atomic E-state index is 11.8. The largest absolute Gasteiger partial charge is 0.374 e. The Morgan fingerprint density at radius 3 is 2.71 bits per heavy atom. The predicted molar refractivity (Wildman–Crippen MR) is 95.0 cm³/mol. The molecule has 2 rings (SSSR count). The standard InChI is InChI=1S/C18H26N4O2/c1-5-8-16-21-18(24-22-16)13(4)19-14-10-7-11-15(12(14)3)20-17(23)9-6-2/h7,10-11,13,19H,5-6,8-9H2,1-4H3,(H,20,23)/t13-/m1/s1. The van der Waals surface area contributed by atoms with Crippen molar-refractivity contribution in [1.29, 1.82) is 0 Å². The maximum Gasteiger partial charge on any atom is 0.248 e. The van der Waals surface area contributed by atoms with Gasteiger partial charge in [0, 0.05) is 24.2 Å². The lowest BCUT2D eigenvalue weighted by molar-refractivity contribution is -0.116. The minimum absolute atomic E-state index is 0.0342. The Bertz CT molecular complexity index is 681. The first-order valence-electron chi connectivity index (χ1n) is 8.53. The summed E-state index contributed by atoms with van der Waals surface area (Å²) in [5.41, 5.74) is 2.75. The number of anilines is 2. The lowest BCUT2D eigenvalue weighted by Gasteiger charge is -2.16. The Morgan fingerprint density at radius 2 is 2.00 bits per heavy atom. The highest BCUT2D eigenvalue weighted by atomic mass is 16.5. The van der Waals surface area contributed by atoms with Gasteiger partial charge < -0.3 is 15.2 Å². The van der Waals surface area contributed by atoms with E-state index in [0.717, 1.165) is 42.0 Å². The first-order chi connectivity index (χ1) is 11.5. The Labute approximate surface area is 143 Å². The van der Waals surface area contributed by atoms with Crippen LogP contribution in [-0.4, -0.2) is 16.0 Å². The topological polar surface area (TPSA) is 80.0 Å². The van der Waals surface area contributed by atoms with Gasteiger partial charge in [-0.1, -0.05) is 25.1 Å². The van der Waals surface area contributed by atoms with Crippen LogP contribution in [0.5, 0.6) is 0 Å². The second kappa shape index (κ2) is 8.47. The minimum atomic E-state index is -0.108. The second-order valence-corrected chi connectivity index (χ2v) is 5.94. The van der Waals surface area contributed by atoms with Gasteiger partial charge in [-0.25, -0.2) is 0 Å². The van der Waals surface area contributed by atoms with Gasteiger partial charge in [0.05, 0.1) is 0 Å². The molecule has 0 saturated heterocycles. The van der Waals surface area contributed by atoms with Crippen LogP contribution in [0.2, 0.25) is 0 Å². The SMILES string of the molecule is CCCC(=O)Nc1cccc(N[C@H](C)c2nc(CCC)no2)c1C. The van der Waals surface area contributed by atoms with E-state index in [0.29, 0.717) is 12.3 Å². The van der Waals surface area contributed by atoms with Crippen LogP contribution in [0.25, 0.3) is 0 Å². The van der Waals surface area contributed by atoms with E-state index < -0.39 is 0 Å². The van der Waals surface area contributed by atoms with E-state index in [1.807, 2.05) is 39.0 Å². The highest BCUT2D eigenvalue weighted by molar-refractivity contribution is 5.92. The molecule has 0 spiro atoms. The van der Waals surface area contributed by atoms with Gasteiger partial charge in [-0.3, -0.25) is 4.79 Å². The molecule has 1 atom stereocenters. The van der Waals surface area contributed by atoms with Gasteiger partial charge in [-0.2, -0.15) is 4.98 Å². The van der Waals surface area contributed by atoms with Crippen LogP contribution >= 0.6 is 0 Å². The van der Waals surface area contributed by atoms with Crippen LogP contribution < -0.4 is 10.6 Å². The van der Waals surface area contributed by atoms with Crippen molar-refractivity contribution < 1.29 is 9.32 Å².